The standard InChI is InChI=1S/C14H23N3O4/c1-10-12(11(2)16(3)15-10)5-6-13(18)17(7-8-21-4)9-14(19)20/h5-9H2,1-4H3,(H,19,20). The second-order valence-electron chi connectivity index (χ2n) is 4.97. The molecule has 118 valence electrons. The molecule has 1 N–H and O–H groups in total. The number of hydrogen-bond acceptors (Lipinski definition) is 4. The third kappa shape index (κ3) is 4.86. The second-order valence-corrected chi connectivity index (χ2v) is 4.97. The number of hydrogen-bond donors (Lipinski definition) is 1. The van der Waals surface area contributed by atoms with Crippen LogP contribution in [-0.2, 0) is 27.8 Å². The van der Waals surface area contributed by atoms with Crippen molar-refractivity contribution in [1.29, 1.82) is 0 Å². The fraction of sp³-hybridized carbons (Fsp3) is 0.643. The van der Waals surface area contributed by atoms with E-state index in [2.05, 4.69) is 5.10 Å². The molecule has 1 rings (SSSR count). The Morgan fingerprint density at radius 1 is 1.38 bits per heavy atom. The van der Waals surface area contributed by atoms with Gasteiger partial charge in [0.1, 0.15) is 6.54 Å². The molecule has 0 aliphatic heterocycles. The van der Waals surface area contributed by atoms with Crippen LogP contribution in [0.15, 0.2) is 0 Å². The molecule has 7 nitrogen and oxygen atoms in total. The van der Waals surface area contributed by atoms with Crippen molar-refractivity contribution in [3.8, 4) is 0 Å². The van der Waals surface area contributed by atoms with E-state index in [0.717, 1.165) is 17.0 Å². The molecule has 0 atom stereocenters. The lowest BCUT2D eigenvalue weighted by Crippen LogP contribution is -2.38. The fourth-order valence-corrected chi connectivity index (χ4v) is 2.23. The van der Waals surface area contributed by atoms with E-state index >= 15 is 0 Å². The van der Waals surface area contributed by atoms with Gasteiger partial charge in [-0.3, -0.25) is 14.3 Å². The maximum atomic E-state index is 12.2. The second kappa shape index (κ2) is 7.78. The predicted octanol–water partition coefficient (Wildman–Crippen LogP) is 0.529. The molecule has 0 spiro atoms. The number of aryl methyl sites for hydroxylation is 2. The van der Waals surface area contributed by atoms with Crippen LogP contribution in [0.5, 0.6) is 0 Å². The smallest absolute Gasteiger partial charge is 0.323 e. The number of methoxy groups -OCH3 is 1. The molecule has 1 heterocycles. The monoisotopic (exact) mass is 297 g/mol. The predicted molar refractivity (Wildman–Crippen MR) is 77.1 cm³/mol. The minimum absolute atomic E-state index is 0.183. The van der Waals surface area contributed by atoms with Crippen molar-refractivity contribution < 1.29 is 19.4 Å². The number of carbonyl (C=O) groups is 2. The number of rotatable bonds is 8. The summed E-state index contributed by atoms with van der Waals surface area (Å²) in [6.07, 6.45) is 0.831. The Labute approximate surface area is 124 Å². The van der Waals surface area contributed by atoms with Gasteiger partial charge in [0, 0.05) is 32.8 Å². The van der Waals surface area contributed by atoms with Gasteiger partial charge >= 0.3 is 5.97 Å². The number of aliphatic carboxylic acids is 1. The number of amides is 1. The fourth-order valence-electron chi connectivity index (χ4n) is 2.23. The summed E-state index contributed by atoms with van der Waals surface area (Å²) >= 11 is 0. The molecule has 0 radical (unpaired) electrons. The lowest BCUT2D eigenvalue weighted by molar-refractivity contribution is -0.144. The third-order valence-corrected chi connectivity index (χ3v) is 3.49. The summed E-state index contributed by atoms with van der Waals surface area (Å²) in [6, 6.07) is 0. The lowest BCUT2D eigenvalue weighted by Gasteiger charge is -2.20. The normalized spacial score (nSPS) is 10.7. The number of carboxylic acids is 1. The highest BCUT2D eigenvalue weighted by Crippen LogP contribution is 2.14. The average molecular weight is 297 g/mol. The van der Waals surface area contributed by atoms with Gasteiger partial charge in [-0.15, -0.1) is 0 Å². The Morgan fingerprint density at radius 3 is 2.52 bits per heavy atom. The van der Waals surface area contributed by atoms with Crippen molar-refractivity contribution in [1.82, 2.24) is 14.7 Å². The van der Waals surface area contributed by atoms with E-state index in [4.69, 9.17) is 9.84 Å². The molecular weight excluding hydrogens is 274 g/mol. The largest absolute Gasteiger partial charge is 0.480 e. The van der Waals surface area contributed by atoms with Crippen LogP contribution in [0.1, 0.15) is 23.4 Å². The van der Waals surface area contributed by atoms with Crippen LogP contribution in [0.25, 0.3) is 0 Å². The molecule has 1 aromatic rings. The number of ether oxygens (including phenoxy) is 1. The van der Waals surface area contributed by atoms with Gasteiger partial charge in [-0.1, -0.05) is 0 Å². The minimum atomic E-state index is -1.02. The Bertz CT molecular complexity index is 511. The van der Waals surface area contributed by atoms with Crippen molar-refractivity contribution in [3.05, 3.63) is 17.0 Å². The maximum absolute atomic E-state index is 12.2. The van der Waals surface area contributed by atoms with Gasteiger partial charge in [-0.2, -0.15) is 5.10 Å². The molecule has 0 aromatic carbocycles. The van der Waals surface area contributed by atoms with E-state index < -0.39 is 5.97 Å². The van der Waals surface area contributed by atoms with Crippen molar-refractivity contribution in [2.45, 2.75) is 26.7 Å². The van der Waals surface area contributed by atoms with E-state index in [-0.39, 0.29) is 25.4 Å². The van der Waals surface area contributed by atoms with Crippen LogP contribution in [0.4, 0.5) is 0 Å². The molecule has 0 unspecified atom stereocenters. The summed E-state index contributed by atoms with van der Waals surface area (Å²) in [7, 11) is 3.38. The summed E-state index contributed by atoms with van der Waals surface area (Å²) in [4.78, 5) is 24.3. The van der Waals surface area contributed by atoms with E-state index in [0.29, 0.717) is 13.0 Å². The SMILES string of the molecule is COCCN(CC(=O)O)C(=O)CCc1c(C)nn(C)c1C. The van der Waals surface area contributed by atoms with Crippen molar-refractivity contribution in [2.75, 3.05) is 26.8 Å². The van der Waals surface area contributed by atoms with Gasteiger partial charge < -0.3 is 14.7 Å². The number of aromatic nitrogens is 2. The summed E-state index contributed by atoms with van der Waals surface area (Å²) in [6.45, 7) is 4.18. The van der Waals surface area contributed by atoms with Crippen LogP contribution in [0, 0.1) is 13.8 Å². The Balaban J connectivity index is 2.66. The van der Waals surface area contributed by atoms with E-state index in [1.165, 1.54) is 12.0 Å². The van der Waals surface area contributed by atoms with Crippen LogP contribution < -0.4 is 0 Å². The molecule has 0 aliphatic carbocycles. The van der Waals surface area contributed by atoms with Gasteiger partial charge in [0.25, 0.3) is 0 Å². The van der Waals surface area contributed by atoms with Gasteiger partial charge in [-0.25, -0.2) is 0 Å². The summed E-state index contributed by atoms with van der Waals surface area (Å²) in [5, 5.41) is 13.2. The first kappa shape index (κ1) is 17.2. The molecular formula is C14H23N3O4. The van der Waals surface area contributed by atoms with E-state index in [9.17, 15) is 9.59 Å². The molecule has 0 saturated carbocycles. The average Bonchev–Trinajstić information content (AvgIpc) is 2.65. The van der Waals surface area contributed by atoms with Crippen LogP contribution in [-0.4, -0.2) is 58.5 Å². The van der Waals surface area contributed by atoms with Crippen LogP contribution in [0.2, 0.25) is 0 Å². The lowest BCUT2D eigenvalue weighted by atomic mass is 10.1. The molecule has 7 heteroatoms. The first-order valence-electron chi connectivity index (χ1n) is 6.84. The van der Waals surface area contributed by atoms with Crippen molar-refractivity contribution >= 4 is 11.9 Å². The summed E-state index contributed by atoms with van der Waals surface area (Å²) in [5.74, 6) is -1.20. The molecule has 21 heavy (non-hydrogen) atoms. The van der Waals surface area contributed by atoms with Gasteiger partial charge in [0.05, 0.1) is 12.3 Å². The Morgan fingerprint density at radius 2 is 2.05 bits per heavy atom. The molecule has 1 amide bonds. The van der Waals surface area contributed by atoms with Gasteiger partial charge in [-0.05, 0) is 25.8 Å². The van der Waals surface area contributed by atoms with E-state index in [1.807, 2.05) is 20.9 Å². The Kier molecular flexibility index (Phi) is 6.36. The first-order valence-corrected chi connectivity index (χ1v) is 6.84. The highest BCUT2D eigenvalue weighted by molar-refractivity contribution is 5.81. The quantitative estimate of drug-likeness (QED) is 0.756. The van der Waals surface area contributed by atoms with E-state index in [1.54, 1.807) is 4.68 Å². The van der Waals surface area contributed by atoms with Crippen molar-refractivity contribution in [3.63, 3.8) is 0 Å². The highest BCUT2D eigenvalue weighted by Gasteiger charge is 2.18. The number of nitrogens with zero attached hydrogens (tertiary/aromatic N) is 3. The van der Waals surface area contributed by atoms with Crippen LogP contribution >= 0.6 is 0 Å². The topological polar surface area (TPSA) is 84.7 Å². The number of carbonyl (C=O) groups excluding carboxylic acids is 1. The van der Waals surface area contributed by atoms with Crippen molar-refractivity contribution in [2.24, 2.45) is 7.05 Å². The zero-order valence-electron chi connectivity index (χ0n) is 13.0. The molecule has 0 aliphatic rings. The molecule has 1 aromatic heterocycles. The zero-order valence-corrected chi connectivity index (χ0v) is 13.0. The molecule has 0 fully saturated rings. The van der Waals surface area contributed by atoms with Gasteiger partial charge in [0.15, 0.2) is 0 Å². The van der Waals surface area contributed by atoms with Crippen LogP contribution in [0.3, 0.4) is 0 Å². The summed E-state index contributed by atoms with van der Waals surface area (Å²) < 4.78 is 6.70. The molecule has 0 bridgehead atoms. The highest BCUT2D eigenvalue weighted by atomic mass is 16.5. The zero-order chi connectivity index (χ0) is 16.0. The number of carboxylic acid groups (broad SMARTS) is 1. The Hall–Kier alpha value is -1.89. The van der Waals surface area contributed by atoms with Gasteiger partial charge in [0.2, 0.25) is 5.91 Å². The molecule has 0 saturated heterocycles. The minimum Gasteiger partial charge on any atom is -0.480 e. The maximum Gasteiger partial charge on any atom is 0.323 e. The third-order valence-electron chi connectivity index (χ3n) is 3.49. The summed E-state index contributed by atoms with van der Waals surface area (Å²) in [5.41, 5.74) is 2.99. The first-order chi connectivity index (χ1) is 9.86.